The van der Waals surface area contributed by atoms with Gasteiger partial charge in [0, 0.05) is 25.5 Å². The minimum absolute atomic E-state index is 0.126. The van der Waals surface area contributed by atoms with Crippen molar-refractivity contribution in [1.82, 2.24) is 20.2 Å². The third-order valence-corrected chi connectivity index (χ3v) is 5.59. The summed E-state index contributed by atoms with van der Waals surface area (Å²) in [6, 6.07) is 14.6. The van der Waals surface area contributed by atoms with Gasteiger partial charge in [-0.15, -0.1) is 0 Å². The van der Waals surface area contributed by atoms with E-state index in [1.165, 1.54) is 6.07 Å². The summed E-state index contributed by atoms with van der Waals surface area (Å²) in [5, 5.41) is 3.12. The number of amides is 1. The fourth-order valence-corrected chi connectivity index (χ4v) is 4.11. The van der Waals surface area contributed by atoms with Crippen molar-refractivity contribution in [2.75, 3.05) is 13.1 Å². The van der Waals surface area contributed by atoms with E-state index in [2.05, 4.69) is 20.2 Å². The molecule has 1 fully saturated rings. The van der Waals surface area contributed by atoms with Gasteiger partial charge < -0.3 is 5.32 Å². The zero-order valence-corrected chi connectivity index (χ0v) is 17.0. The van der Waals surface area contributed by atoms with Crippen LogP contribution in [0.1, 0.15) is 40.6 Å². The quantitative estimate of drug-likeness (QED) is 0.649. The molecule has 0 saturated carbocycles. The molecule has 0 unspecified atom stereocenters. The van der Waals surface area contributed by atoms with Gasteiger partial charge in [-0.05, 0) is 67.3 Å². The molecule has 0 radical (unpaired) electrons. The van der Waals surface area contributed by atoms with Gasteiger partial charge in [0.05, 0.1) is 11.7 Å². The number of carbonyl (C=O) groups is 1. The van der Waals surface area contributed by atoms with E-state index in [1.54, 1.807) is 36.7 Å². The minimum atomic E-state index is -0.840. The smallest absolute Gasteiger partial charge is 0.270 e. The predicted octanol–water partition coefficient (Wildman–Crippen LogP) is 4.14. The fourth-order valence-electron chi connectivity index (χ4n) is 4.11. The lowest BCUT2D eigenvalue weighted by atomic mass is 9.88. The Morgan fingerprint density at radius 1 is 1.06 bits per heavy atom. The highest BCUT2D eigenvalue weighted by atomic mass is 19.2. The van der Waals surface area contributed by atoms with E-state index in [4.69, 9.17) is 0 Å². The number of nitrogens with one attached hydrogen (secondary N) is 1. The number of hydrogen-bond donors (Lipinski definition) is 1. The fraction of sp³-hybridized carbons (Fsp3) is 0.292. The van der Waals surface area contributed by atoms with Crippen molar-refractivity contribution < 1.29 is 13.6 Å². The van der Waals surface area contributed by atoms with E-state index in [0.29, 0.717) is 18.8 Å². The summed E-state index contributed by atoms with van der Waals surface area (Å²) in [7, 11) is 0. The zero-order chi connectivity index (χ0) is 21.6. The first-order chi connectivity index (χ1) is 15.1. The Kier molecular flexibility index (Phi) is 6.62. The van der Waals surface area contributed by atoms with Crippen LogP contribution in [0.15, 0.2) is 67.0 Å². The maximum Gasteiger partial charge on any atom is 0.270 e. The molecule has 3 aromatic rings. The molecule has 1 saturated heterocycles. The second kappa shape index (κ2) is 9.75. The zero-order valence-electron chi connectivity index (χ0n) is 17.0. The number of hydrogen-bond acceptors (Lipinski definition) is 4. The van der Waals surface area contributed by atoms with Crippen LogP contribution in [-0.4, -0.2) is 33.9 Å². The molecule has 1 N–H and O–H groups in total. The first-order valence-corrected chi connectivity index (χ1v) is 10.4. The van der Waals surface area contributed by atoms with Crippen molar-refractivity contribution in [1.29, 1.82) is 0 Å². The third-order valence-electron chi connectivity index (χ3n) is 5.59. The highest BCUT2D eigenvalue weighted by Gasteiger charge is 2.31. The van der Waals surface area contributed by atoms with Gasteiger partial charge in [0.2, 0.25) is 0 Å². The van der Waals surface area contributed by atoms with E-state index in [9.17, 15) is 13.6 Å². The Bertz CT molecular complexity index is 1020. The molecule has 1 aromatic carbocycles. The van der Waals surface area contributed by atoms with Crippen molar-refractivity contribution in [2.45, 2.75) is 25.4 Å². The predicted molar refractivity (Wildman–Crippen MR) is 113 cm³/mol. The van der Waals surface area contributed by atoms with Crippen LogP contribution >= 0.6 is 0 Å². The first kappa shape index (κ1) is 21.1. The molecule has 2 atom stereocenters. The van der Waals surface area contributed by atoms with Gasteiger partial charge in [0.1, 0.15) is 5.69 Å². The van der Waals surface area contributed by atoms with Crippen LogP contribution in [0.2, 0.25) is 0 Å². The standard InChI is InChI=1S/C24H24F2N4O/c25-19-10-9-17(14-20(19)26)15-30-13-5-6-18(16-30)23(21-7-1-3-11-27-21)29-24(31)22-8-2-4-12-28-22/h1-4,7-12,14,18,23H,5-6,13,15-16H2,(H,29,31)/t18-,23-/m0/s1. The highest BCUT2D eigenvalue weighted by Crippen LogP contribution is 2.30. The SMILES string of the molecule is O=C(N[C@H](c1ccccn1)[C@H]1CCCN(Cc2ccc(F)c(F)c2)C1)c1ccccn1. The van der Waals surface area contributed by atoms with Gasteiger partial charge in [0.25, 0.3) is 5.91 Å². The molecule has 2 aromatic heterocycles. The minimum Gasteiger partial charge on any atom is -0.342 e. The van der Waals surface area contributed by atoms with Crippen molar-refractivity contribution in [3.63, 3.8) is 0 Å². The highest BCUT2D eigenvalue weighted by molar-refractivity contribution is 5.92. The summed E-state index contributed by atoms with van der Waals surface area (Å²) in [5.74, 6) is -1.79. The largest absolute Gasteiger partial charge is 0.342 e. The van der Waals surface area contributed by atoms with Crippen LogP contribution in [0.4, 0.5) is 8.78 Å². The van der Waals surface area contributed by atoms with E-state index in [-0.39, 0.29) is 17.9 Å². The molecule has 1 aliphatic heterocycles. The molecule has 1 amide bonds. The van der Waals surface area contributed by atoms with Crippen LogP contribution in [0.5, 0.6) is 0 Å². The summed E-state index contributed by atoms with van der Waals surface area (Å²) in [6.45, 7) is 2.10. The molecule has 0 bridgehead atoms. The Balaban J connectivity index is 1.51. The second-order valence-corrected chi connectivity index (χ2v) is 7.81. The second-order valence-electron chi connectivity index (χ2n) is 7.81. The molecule has 3 heterocycles. The van der Waals surface area contributed by atoms with E-state index in [0.717, 1.165) is 36.7 Å². The number of halogens is 2. The number of benzene rings is 1. The summed E-state index contributed by atoms with van der Waals surface area (Å²) in [5.41, 5.74) is 1.88. The average molecular weight is 422 g/mol. The lowest BCUT2D eigenvalue weighted by Gasteiger charge is -2.37. The number of nitrogens with zero attached hydrogens (tertiary/aromatic N) is 3. The van der Waals surface area contributed by atoms with Crippen molar-refractivity contribution >= 4 is 5.91 Å². The number of carbonyl (C=O) groups excluding carboxylic acids is 1. The van der Waals surface area contributed by atoms with Crippen LogP contribution in [0.3, 0.4) is 0 Å². The van der Waals surface area contributed by atoms with Crippen molar-refractivity contribution in [3.8, 4) is 0 Å². The number of piperidine rings is 1. The molecular formula is C24H24F2N4O. The summed E-state index contributed by atoms with van der Waals surface area (Å²) in [6.07, 6.45) is 5.18. The van der Waals surface area contributed by atoms with E-state index in [1.807, 2.05) is 18.2 Å². The van der Waals surface area contributed by atoms with Crippen molar-refractivity contribution in [2.24, 2.45) is 5.92 Å². The molecular weight excluding hydrogens is 398 g/mol. The van der Waals surface area contributed by atoms with Crippen molar-refractivity contribution in [3.05, 3.63) is 95.6 Å². The normalized spacial score (nSPS) is 17.8. The number of pyridine rings is 2. The van der Waals surface area contributed by atoms with E-state index < -0.39 is 11.6 Å². The number of rotatable bonds is 6. The van der Waals surface area contributed by atoms with Gasteiger partial charge in [-0.2, -0.15) is 0 Å². The Hall–Kier alpha value is -3.19. The topological polar surface area (TPSA) is 58.1 Å². The Labute approximate surface area is 180 Å². The molecule has 4 rings (SSSR count). The molecule has 1 aliphatic rings. The lowest BCUT2D eigenvalue weighted by Crippen LogP contribution is -2.43. The first-order valence-electron chi connectivity index (χ1n) is 10.4. The Morgan fingerprint density at radius 2 is 1.87 bits per heavy atom. The van der Waals surface area contributed by atoms with Crippen LogP contribution in [-0.2, 0) is 6.54 Å². The molecule has 5 nitrogen and oxygen atoms in total. The third kappa shape index (κ3) is 5.30. The van der Waals surface area contributed by atoms with Gasteiger partial charge in [0.15, 0.2) is 11.6 Å². The summed E-state index contributed by atoms with van der Waals surface area (Å²) >= 11 is 0. The maximum absolute atomic E-state index is 13.6. The van der Waals surface area contributed by atoms with Crippen LogP contribution in [0, 0.1) is 17.6 Å². The van der Waals surface area contributed by atoms with E-state index >= 15 is 0 Å². The average Bonchev–Trinajstić information content (AvgIpc) is 2.81. The van der Waals surface area contributed by atoms with Gasteiger partial charge in [-0.3, -0.25) is 19.7 Å². The molecule has 0 spiro atoms. The van der Waals surface area contributed by atoms with Gasteiger partial charge >= 0.3 is 0 Å². The Morgan fingerprint density at radius 3 is 2.58 bits per heavy atom. The monoisotopic (exact) mass is 422 g/mol. The summed E-state index contributed by atoms with van der Waals surface area (Å²) in [4.78, 5) is 23.7. The molecule has 160 valence electrons. The lowest BCUT2D eigenvalue weighted by molar-refractivity contribution is 0.0870. The van der Waals surface area contributed by atoms with Gasteiger partial charge in [-0.25, -0.2) is 8.78 Å². The summed E-state index contributed by atoms with van der Waals surface area (Å²) < 4.78 is 26.9. The molecule has 31 heavy (non-hydrogen) atoms. The van der Waals surface area contributed by atoms with Crippen LogP contribution in [0.25, 0.3) is 0 Å². The number of aromatic nitrogens is 2. The number of likely N-dealkylation sites (tertiary alicyclic amines) is 1. The van der Waals surface area contributed by atoms with Gasteiger partial charge in [-0.1, -0.05) is 18.2 Å². The molecule has 7 heteroatoms. The maximum atomic E-state index is 13.6. The molecule has 0 aliphatic carbocycles. The van der Waals surface area contributed by atoms with Crippen LogP contribution < -0.4 is 5.32 Å².